The molecule has 0 bridgehead atoms. The van der Waals surface area contributed by atoms with E-state index in [1.807, 2.05) is 53.4 Å². The average molecular weight is 414 g/mol. The zero-order valence-electron chi connectivity index (χ0n) is 16.7. The van der Waals surface area contributed by atoms with Gasteiger partial charge in [-0.3, -0.25) is 4.79 Å². The number of benzene rings is 2. The number of hydrogen-bond acceptors (Lipinski definition) is 5. The minimum absolute atomic E-state index is 0.0290. The predicted octanol–water partition coefficient (Wildman–Crippen LogP) is 4.67. The lowest BCUT2D eigenvalue weighted by Crippen LogP contribution is -2.32. The van der Waals surface area contributed by atoms with Crippen molar-refractivity contribution in [3.05, 3.63) is 54.1 Å². The third kappa shape index (κ3) is 4.81. The van der Waals surface area contributed by atoms with E-state index in [0.717, 1.165) is 35.7 Å². The number of amides is 1. The van der Waals surface area contributed by atoms with Gasteiger partial charge in [0.1, 0.15) is 17.7 Å². The van der Waals surface area contributed by atoms with Crippen LogP contribution in [0, 0.1) is 0 Å². The highest BCUT2D eigenvalue weighted by Crippen LogP contribution is 2.42. The summed E-state index contributed by atoms with van der Waals surface area (Å²) < 4.78 is 17.5. The number of thioether (sulfide) groups is 1. The van der Waals surface area contributed by atoms with Gasteiger partial charge in [-0.15, -0.1) is 11.8 Å². The molecule has 1 atom stereocenters. The first kappa shape index (κ1) is 20.0. The van der Waals surface area contributed by atoms with Crippen molar-refractivity contribution in [2.75, 3.05) is 26.0 Å². The Kier molecular flexibility index (Phi) is 6.49. The molecule has 2 fully saturated rings. The average Bonchev–Trinajstić information content (AvgIpc) is 3.39. The molecule has 1 saturated carbocycles. The standard InChI is InChI=1S/C23H27NO4S/c1-26-20-12-11-17(15-21(20)28-19-9-5-6-10-19)23-24(22(25)16-29-23)13-14-27-18-7-3-2-4-8-18/h2-4,7-8,11-12,15,19,23H,5-6,9-10,13-14,16H2,1H3. The largest absolute Gasteiger partial charge is 0.493 e. The number of carbonyl (C=O) groups is 1. The molecule has 0 spiro atoms. The van der Waals surface area contributed by atoms with Gasteiger partial charge in [0.25, 0.3) is 0 Å². The molecule has 4 rings (SSSR count). The van der Waals surface area contributed by atoms with Crippen molar-refractivity contribution in [3.8, 4) is 17.2 Å². The Morgan fingerprint density at radius 2 is 1.86 bits per heavy atom. The second-order valence-corrected chi connectivity index (χ2v) is 8.42. The molecule has 2 aromatic carbocycles. The Morgan fingerprint density at radius 1 is 1.07 bits per heavy atom. The molecule has 0 radical (unpaired) electrons. The number of rotatable bonds is 8. The molecule has 154 valence electrons. The first-order chi connectivity index (χ1) is 14.2. The summed E-state index contributed by atoms with van der Waals surface area (Å²) >= 11 is 1.65. The number of carbonyl (C=O) groups excluding carboxylic acids is 1. The van der Waals surface area contributed by atoms with Crippen LogP contribution in [0.1, 0.15) is 36.6 Å². The second kappa shape index (κ2) is 9.44. The Bertz CT molecular complexity index is 823. The van der Waals surface area contributed by atoms with E-state index in [2.05, 4.69) is 0 Å². The number of methoxy groups -OCH3 is 1. The van der Waals surface area contributed by atoms with E-state index in [0.29, 0.717) is 18.9 Å². The molecule has 5 nitrogen and oxygen atoms in total. The fourth-order valence-electron chi connectivity index (χ4n) is 3.88. The third-order valence-corrected chi connectivity index (χ3v) is 6.64. The number of nitrogens with zero attached hydrogens (tertiary/aromatic N) is 1. The summed E-state index contributed by atoms with van der Waals surface area (Å²) in [5.41, 5.74) is 1.06. The van der Waals surface area contributed by atoms with Crippen molar-refractivity contribution in [2.45, 2.75) is 37.2 Å². The van der Waals surface area contributed by atoms with Gasteiger partial charge in [-0.1, -0.05) is 24.3 Å². The monoisotopic (exact) mass is 413 g/mol. The molecule has 1 aliphatic heterocycles. The molecule has 1 amide bonds. The zero-order chi connectivity index (χ0) is 20.1. The van der Waals surface area contributed by atoms with Gasteiger partial charge in [-0.25, -0.2) is 0 Å². The van der Waals surface area contributed by atoms with Gasteiger partial charge in [-0.05, 0) is 55.5 Å². The van der Waals surface area contributed by atoms with E-state index < -0.39 is 0 Å². The molecule has 2 aliphatic rings. The summed E-state index contributed by atoms with van der Waals surface area (Å²) in [6, 6.07) is 15.7. The fourth-order valence-corrected chi connectivity index (χ4v) is 5.08. The van der Waals surface area contributed by atoms with Crippen LogP contribution >= 0.6 is 11.8 Å². The van der Waals surface area contributed by atoms with Crippen LogP contribution in [0.3, 0.4) is 0 Å². The van der Waals surface area contributed by atoms with Crippen LogP contribution in [0.2, 0.25) is 0 Å². The molecule has 1 unspecified atom stereocenters. The highest BCUT2D eigenvalue weighted by Gasteiger charge is 2.33. The van der Waals surface area contributed by atoms with Crippen molar-refractivity contribution in [1.82, 2.24) is 4.90 Å². The molecule has 1 heterocycles. The van der Waals surface area contributed by atoms with Crippen LogP contribution in [0.5, 0.6) is 17.2 Å². The molecule has 29 heavy (non-hydrogen) atoms. The lowest BCUT2D eigenvalue weighted by Gasteiger charge is -2.25. The smallest absolute Gasteiger partial charge is 0.233 e. The fraction of sp³-hybridized carbons (Fsp3) is 0.435. The number of hydrogen-bond donors (Lipinski definition) is 0. The summed E-state index contributed by atoms with van der Waals surface area (Å²) in [5, 5.41) is -0.0290. The van der Waals surface area contributed by atoms with Crippen molar-refractivity contribution in [2.24, 2.45) is 0 Å². The third-order valence-electron chi connectivity index (χ3n) is 5.38. The molecule has 1 saturated heterocycles. The van der Waals surface area contributed by atoms with Gasteiger partial charge < -0.3 is 19.1 Å². The SMILES string of the molecule is COc1ccc(C2SCC(=O)N2CCOc2ccccc2)cc1OC1CCCC1. The highest BCUT2D eigenvalue weighted by molar-refractivity contribution is 8.00. The molecular weight excluding hydrogens is 386 g/mol. The van der Waals surface area contributed by atoms with Crippen LogP contribution < -0.4 is 14.2 Å². The summed E-state index contributed by atoms with van der Waals surface area (Å²) in [7, 11) is 1.66. The van der Waals surface area contributed by atoms with E-state index in [4.69, 9.17) is 14.2 Å². The van der Waals surface area contributed by atoms with E-state index >= 15 is 0 Å². The number of para-hydroxylation sites is 1. The van der Waals surface area contributed by atoms with Crippen molar-refractivity contribution < 1.29 is 19.0 Å². The predicted molar refractivity (Wildman–Crippen MR) is 115 cm³/mol. The second-order valence-electron chi connectivity index (χ2n) is 7.35. The van der Waals surface area contributed by atoms with Crippen molar-refractivity contribution >= 4 is 17.7 Å². The van der Waals surface area contributed by atoms with Crippen LogP contribution in [-0.4, -0.2) is 42.9 Å². The van der Waals surface area contributed by atoms with Gasteiger partial charge in [0.2, 0.25) is 5.91 Å². The summed E-state index contributed by atoms with van der Waals surface area (Å²) in [6.45, 7) is 1.02. The van der Waals surface area contributed by atoms with E-state index in [1.54, 1.807) is 18.9 Å². The van der Waals surface area contributed by atoms with Gasteiger partial charge in [-0.2, -0.15) is 0 Å². The Morgan fingerprint density at radius 3 is 2.62 bits per heavy atom. The first-order valence-electron chi connectivity index (χ1n) is 10.2. The van der Waals surface area contributed by atoms with Gasteiger partial charge in [0.15, 0.2) is 11.5 Å². The van der Waals surface area contributed by atoms with Crippen LogP contribution in [-0.2, 0) is 4.79 Å². The first-order valence-corrected chi connectivity index (χ1v) is 11.2. The van der Waals surface area contributed by atoms with Crippen LogP contribution in [0.25, 0.3) is 0 Å². The van der Waals surface area contributed by atoms with Gasteiger partial charge in [0.05, 0.1) is 25.5 Å². The van der Waals surface area contributed by atoms with Gasteiger partial charge in [0, 0.05) is 0 Å². The normalized spacial score (nSPS) is 19.6. The maximum absolute atomic E-state index is 12.5. The maximum atomic E-state index is 12.5. The van der Waals surface area contributed by atoms with Gasteiger partial charge >= 0.3 is 0 Å². The molecular formula is C23H27NO4S. The lowest BCUT2D eigenvalue weighted by molar-refractivity contribution is -0.128. The van der Waals surface area contributed by atoms with Crippen molar-refractivity contribution in [1.29, 1.82) is 0 Å². The summed E-state index contributed by atoms with van der Waals surface area (Å²) in [4.78, 5) is 14.4. The van der Waals surface area contributed by atoms with E-state index in [1.165, 1.54) is 12.8 Å². The lowest BCUT2D eigenvalue weighted by atomic mass is 10.1. The Balaban J connectivity index is 1.45. The molecule has 2 aromatic rings. The van der Waals surface area contributed by atoms with E-state index in [9.17, 15) is 4.79 Å². The highest BCUT2D eigenvalue weighted by atomic mass is 32.2. The number of ether oxygens (including phenoxy) is 3. The summed E-state index contributed by atoms with van der Waals surface area (Å²) in [6.07, 6.45) is 4.87. The van der Waals surface area contributed by atoms with Crippen molar-refractivity contribution in [3.63, 3.8) is 0 Å². The summed E-state index contributed by atoms with van der Waals surface area (Å²) in [5.74, 6) is 2.97. The molecule has 1 aliphatic carbocycles. The van der Waals surface area contributed by atoms with Crippen LogP contribution in [0.15, 0.2) is 48.5 Å². The Hall–Kier alpha value is -2.34. The zero-order valence-corrected chi connectivity index (χ0v) is 17.5. The van der Waals surface area contributed by atoms with E-state index in [-0.39, 0.29) is 17.4 Å². The Labute approximate surface area is 176 Å². The van der Waals surface area contributed by atoms with Crippen LogP contribution in [0.4, 0.5) is 0 Å². The molecule has 0 aromatic heterocycles. The minimum atomic E-state index is -0.0290. The quantitative estimate of drug-likeness (QED) is 0.629. The molecule has 0 N–H and O–H groups in total. The topological polar surface area (TPSA) is 48.0 Å². The molecule has 6 heteroatoms. The minimum Gasteiger partial charge on any atom is -0.493 e. The maximum Gasteiger partial charge on any atom is 0.233 e.